The Bertz CT molecular complexity index is 879. The molecule has 138 valence electrons. The summed E-state index contributed by atoms with van der Waals surface area (Å²) in [6.45, 7) is 9.86. The minimum atomic E-state index is -0.342. The molecule has 26 heavy (non-hydrogen) atoms. The third kappa shape index (κ3) is 3.83. The summed E-state index contributed by atoms with van der Waals surface area (Å²) >= 11 is 2.85. The number of nitrogens with zero attached hydrogens (tertiary/aromatic N) is 4. The van der Waals surface area contributed by atoms with Crippen molar-refractivity contribution in [2.75, 3.05) is 5.32 Å². The van der Waals surface area contributed by atoms with Crippen LogP contribution in [0.4, 0.5) is 5.13 Å². The molecule has 9 heteroatoms. The number of aromatic nitrogens is 4. The van der Waals surface area contributed by atoms with Gasteiger partial charge in [0, 0.05) is 10.9 Å². The molecule has 7 nitrogen and oxygen atoms in total. The molecule has 1 atom stereocenters. The van der Waals surface area contributed by atoms with Crippen LogP contribution >= 0.6 is 23.1 Å². The van der Waals surface area contributed by atoms with Crippen molar-refractivity contribution in [3.05, 3.63) is 29.0 Å². The van der Waals surface area contributed by atoms with Crippen LogP contribution < -0.4 is 5.32 Å². The van der Waals surface area contributed by atoms with Gasteiger partial charge in [0.05, 0.1) is 17.2 Å². The van der Waals surface area contributed by atoms with E-state index in [-0.39, 0.29) is 17.2 Å². The Morgan fingerprint density at radius 3 is 2.65 bits per heavy atom. The maximum absolute atomic E-state index is 12.5. The zero-order valence-electron chi connectivity index (χ0n) is 15.3. The third-order valence-corrected chi connectivity index (χ3v) is 5.88. The highest BCUT2D eigenvalue weighted by Crippen LogP contribution is 2.31. The van der Waals surface area contributed by atoms with E-state index in [0.29, 0.717) is 21.9 Å². The van der Waals surface area contributed by atoms with Gasteiger partial charge in [-0.05, 0) is 46.8 Å². The Morgan fingerprint density at radius 2 is 2.08 bits per heavy atom. The normalized spacial score (nSPS) is 12.5. The van der Waals surface area contributed by atoms with Crippen molar-refractivity contribution < 1.29 is 9.21 Å². The zero-order valence-corrected chi connectivity index (χ0v) is 16.9. The molecule has 0 aliphatic heterocycles. The second-order valence-corrected chi connectivity index (χ2v) is 8.67. The predicted molar refractivity (Wildman–Crippen MR) is 104 cm³/mol. The average Bonchev–Trinajstić information content (AvgIpc) is 3.28. The molecule has 0 aliphatic rings. The molecule has 0 fully saturated rings. The molecule has 0 aromatic carbocycles. The number of carbonyl (C=O) groups excluding carboxylic acids is 1. The van der Waals surface area contributed by atoms with E-state index >= 15 is 0 Å². The summed E-state index contributed by atoms with van der Waals surface area (Å²) in [5.41, 5.74) is 0.938. The Morgan fingerprint density at radius 1 is 1.31 bits per heavy atom. The first kappa shape index (κ1) is 18.7. The van der Waals surface area contributed by atoms with E-state index in [9.17, 15) is 4.79 Å². The molecule has 3 aromatic rings. The van der Waals surface area contributed by atoms with Crippen molar-refractivity contribution in [2.24, 2.45) is 0 Å². The first-order valence-corrected chi connectivity index (χ1v) is 9.96. The van der Waals surface area contributed by atoms with E-state index in [1.807, 2.05) is 51.3 Å². The largest absolute Gasteiger partial charge is 0.461 e. The predicted octanol–water partition coefficient (Wildman–Crippen LogP) is 4.31. The molecule has 3 rings (SSSR count). The van der Waals surface area contributed by atoms with Crippen LogP contribution in [0.3, 0.4) is 0 Å². The summed E-state index contributed by atoms with van der Waals surface area (Å²) in [6.07, 6.45) is 1.61. The lowest BCUT2D eigenvalue weighted by atomic mass is 10.3. The number of carbonyl (C=O) groups is 1. The maximum Gasteiger partial charge on any atom is 0.239 e. The molecule has 3 aromatic heterocycles. The maximum atomic E-state index is 12.5. The van der Waals surface area contributed by atoms with Gasteiger partial charge in [0.25, 0.3) is 0 Å². The van der Waals surface area contributed by atoms with E-state index < -0.39 is 0 Å². The highest BCUT2D eigenvalue weighted by molar-refractivity contribution is 8.00. The summed E-state index contributed by atoms with van der Waals surface area (Å²) in [5.74, 6) is 1.21. The van der Waals surface area contributed by atoms with Gasteiger partial charge < -0.3 is 9.73 Å². The molecule has 0 saturated heterocycles. The molecule has 0 unspecified atom stereocenters. The average molecular weight is 392 g/mol. The second-order valence-electron chi connectivity index (χ2n) is 6.16. The molecule has 0 bridgehead atoms. The van der Waals surface area contributed by atoms with Crippen molar-refractivity contribution >= 4 is 34.1 Å². The van der Waals surface area contributed by atoms with Gasteiger partial charge in [-0.1, -0.05) is 11.8 Å². The van der Waals surface area contributed by atoms with Gasteiger partial charge in [-0.3, -0.25) is 9.36 Å². The van der Waals surface area contributed by atoms with Gasteiger partial charge in [-0.25, -0.2) is 4.98 Å². The van der Waals surface area contributed by atoms with Gasteiger partial charge in [0.1, 0.15) is 0 Å². The van der Waals surface area contributed by atoms with Gasteiger partial charge in [0.15, 0.2) is 16.0 Å². The van der Waals surface area contributed by atoms with Crippen molar-refractivity contribution in [1.82, 2.24) is 19.7 Å². The monoisotopic (exact) mass is 391 g/mol. The van der Waals surface area contributed by atoms with E-state index in [2.05, 4.69) is 20.5 Å². The number of nitrogens with one attached hydrogen (secondary N) is 1. The standard InChI is InChI=1S/C17H21N5O2S2/c1-9(2)22-14(13-7-6-8-24-13)20-21-17(22)26-12(5)15(23)19-16-18-10(3)11(4)25-16/h6-9,12H,1-5H3,(H,18,19,23)/t12-/m0/s1. The van der Waals surface area contributed by atoms with E-state index in [1.54, 1.807) is 6.26 Å². The van der Waals surface area contributed by atoms with Crippen molar-refractivity contribution in [3.63, 3.8) is 0 Å². The number of hydrogen-bond donors (Lipinski definition) is 1. The zero-order chi connectivity index (χ0) is 18.8. The lowest BCUT2D eigenvalue weighted by molar-refractivity contribution is -0.115. The van der Waals surface area contributed by atoms with Crippen LogP contribution in [0, 0.1) is 13.8 Å². The minimum Gasteiger partial charge on any atom is -0.461 e. The van der Waals surface area contributed by atoms with Crippen LogP contribution in [0.2, 0.25) is 0 Å². The first-order chi connectivity index (χ1) is 12.4. The Balaban J connectivity index is 1.76. The summed E-state index contributed by atoms with van der Waals surface area (Å²) < 4.78 is 7.43. The fourth-order valence-electron chi connectivity index (χ4n) is 2.34. The van der Waals surface area contributed by atoms with Crippen LogP contribution in [0.25, 0.3) is 11.6 Å². The Labute approximate surface area is 160 Å². The number of furan rings is 1. The second kappa shape index (κ2) is 7.63. The minimum absolute atomic E-state index is 0.110. The molecule has 1 amide bonds. The van der Waals surface area contributed by atoms with Crippen molar-refractivity contribution in [1.29, 1.82) is 0 Å². The number of thioether (sulfide) groups is 1. The summed E-state index contributed by atoms with van der Waals surface area (Å²) in [4.78, 5) is 18.0. The lowest BCUT2D eigenvalue weighted by Crippen LogP contribution is -2.23. The number of thiazole rings is 1. The quantitative estimate of drug-likeness (QED) is 0.630. The van der Waals surface area contributed by atoms with Crippen LogP contribution in [-0.2, 0) is 4.79 Å². The van der Waals surface area contributed by atoms with Crippen molar-refractivity contribution in [2.45, 2.75) is 51.1 Å². The van der Waals surface area contributed by atoms with Crippen LogP contribution in [0.15, 0.2) is 28.0 Å². The molecular weight excluding hydrogens is 370 g/mol. The van der Waals surface area contributed by atoms with Gasteiger partial charge in [-0.2, -0.15) is 0 Å². The number of amides is 1. The molecule has 0 saturated carbocycles. The molecule has 0 aliphatic carbocycles. The van der Waals surface area contributed by atoms with Crippen LogP contribution in [0.1, 0.15) is 37.4 Å². The molecule has 1 N–H and O–H groups in total. The van der Waals surface area contributed by atoms with E-state index in [0.717, 1.165) is 10.6 Å². The summed E-state index contributed by atoms with van der Waals surface area (Å²) in [5, 5.41) is 12.4. The third-order valence-electron chi connectivity index (χ3n) is 3.83. The number of rotatable bonds is 6. The van der Waals surface area contributed by atoms with Crippen LogP contribution in [0.5, 0.6) is 0 Å². The first-order valence-electron chi connectivity index (χ1n) is 8.27. The van der Waals surface area contributed by atoms with Gasteiger partial charge in [0.2, 0.25) is 11.7 Å². The highest BCUT2D eigenvalue weighted by Gasteiger charge is 2.23. The lowest BCUT2D eigenvalue weighted by Gasteiger charge is -2.15. The van der Waals surface area contributed by atoms with E-state index in [4.69, 9.17) is 4.42 Å². The topological polar surface area (TPSA) is 85.8 Å². The fourth-order valence-corrected chi connectivity index (χ4v) is 4.14. The van der Waals surface area contributed by atoms with Crippen LogP contribution in [-0.4, -0.2) is 30.9 Å². The summed E-state index contributed by atoms with van der Waals surface area (Å²) in [7, 11) is 0. The van der Waals surface area contributed by atoms with Gasteiger partial charge >= 0.3 is 0 Å². The SMILES string of the molecule is Cc1nc(NC(=O)[C@H](C)Sc2nnc(-c3ccco3)n2C(C)C)sc1C. The van der Waals surface area contributed by atoms with E-state index in [1.165, 1.54) is 23.1 Å². The smallest absolute Gasteiger partial charge is 0.239 e. The van der Waals surface area contributed by atoms with Gasteiger partial charge in [-0.15, -0.1) is 21.5 Å². The Hall–Kier alpha value is -2.13. The number of anilines is 1. The summed E-state index contributed by atoms with van der Waals surface area (Å²) in [6, 6.07) is 3.79. The molecule has 0 spiro atoms. The highest BCUT2D eigenvalue weighted by atomic mass is 32.2. The molecular formula is C17H21N5O2S2. The number of hydrogen-bond acceptors (Lipinski definition) is 7. The Kier molecular flexibility index (Phi) is 5.47. The molecule has 3 heterocycles. The molecule has 0 radical (unpaired) electrons. The van der Waals surface area contributed by atoms with Crippen molar-refractivity contribution in [3.8, 4) is 11.6 Å². The fraction of sp³-hybridized carbons (Fsp3) is 0.412. The number of aryl methyl sites for hydroxylation is 2.